The first-order valence-corrected chi connectivity index (χ1v) is 14.6. The topological polar surface area (TPSA) is 119 Å². The highest BCUT2D eigenvalue weighted by Crippen LogP contribution is 2.28. The molecule has 3 aromatic carbocycles. The molecule has 2 amide bonds. The molecule has 0 aliphatic rings. The lowest BCUT2D eigenvalue weighted by Gasteiger charge is -2.13. The number of hydrogen-bond acceptors (Lipinski definition) is 6. The molecule has 0 bridgehead atoms. The van der Waals surface area contributed by atoms with Crippen LogP contribution in [0.4, 0.5) is 0 Å². The largest absolute Gasteiger partial charge is 0.493 e. The molecule has 0 aliphatic heterocycles. The van der Waals surface area contributed by atoms with E-state index in [1.54, 1.807) is 68.8 Å². The van der Waals surface area contributed by atoms with Crippen LogP contribution in [0, 0.1) is 0 Å². The molecule has 4 rings (SSSR count). The van der Waals surface area contributed by atoms with E-state index < -0.39 is 22.0 Å². The summed E-state index contributed by atoms with van der Waals surface area (Å²) in [5, 5.41) is 6.29. The molecular formula is C30H31ClN4O6S. The highest BCUT2D eigenvalue weighted by Gasteiger charge is 2.22. The maximum absolute atomic E-state index is 13.5. The molecule has 220 valence electrons. The zero-order valence-corrected chi connectivity index (χ0v) is 25.1. The van der Waals surface area contributed by atoms with E-state index in [2.05, 4.69) is 10.6 Å². The highest BCUT2D eigenvalue weighted by molar-refractivity contribution is 7.87. The van der Waals surface area contributed by atoms with Gasteiger partial charge in [0.25, 0.3) is 11.8 Å². The zero-order chi connectivity index (χ0) is 30.4. The van der Waals surface area contributed by atoms with Crippen LogP contribution >= 0.6 is 11.6 Å². The minimum Gasteiger partial charge on any atom is -0.493 e. The number of aromatic nitrogens is 1. The first-order valence-electron chi connectivity index (χ1n) is 12.9. The lowest BCUT2D eigenvalue weighted by molar-refractivity contribution is -0.117. The van der Waals surface area contributed by atoms with Gasteiger partial charge in [-0.3, -0.25) is 9.59 Å². The van der Waals surface area contributed by atoms with Crippen molar-refractivity contribution in [1.29, 1.82) is 0 Å². The number of nitrogens with zero attached hydrogens (tertiary/aromatic N) is 2. The molecule has 0 spiro atoms. The van der Waals surface area contributed by atoms with Gasteiger partial charge < -0.3 is 20.1 Å². The number of halogens is 1. The fourth-order valence-electron chi connectivity index (χ4n) is 4.26. The Kier molecular flexibility index (Phi) is 9.56. The summed E-state index contributed by atoms with van der Waals surface area (Å²) in [5.74, 6) is 0.000867. The number of fused-ring (bicyclic) bond motifs is 1. The third-order valence-electron chi connectivity index (χ3n) is 6.48. The summed E-state index contributed by atoms with van der Waals surface area (Å²) in [6.45, 7) is 0.240. The normalized spacial score (nSPS) is 11.9. The number of hydrogen-bond donors (Lipinski definition) is 2. The average molecular weight is 611 g/mol. The summed E-state index contributed by atoms with van der Waals surface area (Å²) >= 11 is 6.23. The smallest absolute Gasteiger partial charge is 0.307 e. The number of methoxy groups -OCH3 is 2. The molecule has 0 fully saturated rings. The molecule has 2 N–H and O–H groups in total. The summed E-state index contributed by atoms with van der Waals surface area (Å²) in [7, 11) is 2.09. The van der Waals surface area contributed by atoms with E-state index in [0.717, 1.165) is 13.8 Å². The van der Waals surface area contributed by atoms with Gasteiger partial charge in [0.15, 0.2) is 11.5 Å². The molecule has 0 aliphatic carbocycles. The van der Waals surface area contributed by atoms with E-state index in [4.69, 9.17) is 21.1 Å². The van der Waals surface area contributed by atoms with E-state index in [0.29, 0.717) is 34.4 Å². The Hall–Kier alpha value is -4.32. The van der Waals surface area contributed by atoms with Gasteiger partial charge in [0.05, 0.1) is 30.3 Å². The van der Waals surface area contributed by atoms with Gasteiger partial charge in [0, 0.05) is 37.8 Å². The van der Waals surface area contributed by atoms with Crippen molar-refractivity contribution in [2.24, 2.45) is 0 Å². The zero-order valence-electron chi connectivity index (χ0n) is 23.5. The highest BCUT2D eigenvalue weighted by atomic mass is 35.5. The Morgan fingerprint density at radius 2 is 1.67 bits per heavy atom. The van der Waals surface area contributed by atoms with Crippen molar-refractivity contribution in [3.05, 3.63) is 100 Å². The summed E-state index contributed by atoms with van der Waals surface area (Å²) < 4.78 is 38.9. The lowest BCUT2D eigenvalue weighted by atomic mass is 10.1. The summed E-state index contributed by atoms with van der Waals surface area (Å²) in [6, 6.07) is 18.8. The number of carbonyl (C=O) groups excluding carboxylic acids is 2. The summed E-state index contributed by atoms with van der Waals surface area (Å²) in [6.07, 6.45) is 3.33. The van der Waals surface area contributed by atoms with E-state index in [1.807, 2.05) is 12.1 Å². The molecule has 1 aromatic heterocycles. The van der Waals surface area contributed by atoms with Crippen LogP contribution < -0.4 is 20.1 Å². The average Bonchev–Trinajstić information content (AvgIpc) is 3.35. The fourth-order valence-corrected chi connectivity index (χ4v) is 5.49. The SMILES string of the molecule is COc1ccc(CCNC(=O)C(=Cc2cn(S(=O)(=O)N(C)C)c3ccccc23)NC(=O)c2ccccc2Cl)cc1OC. The Labute approximate surface area is 249 Å². The van der Waals surface area contributed by atoms with Gasteiger partial charge in [-0.1, -0.05) is 48.0 Å². The number of nitrogens with one attached hydrogen (secondary N) is 2. The molecule has 0 saturated heterocycles. The first-order chi connectivity index (χ1) is 20.1. The monoisotopic (exact) mass is 610 g/mol. The van der Waals surface area contributed by atoms with Crippen LogP contribution in [0.25, 0.3) is 17.0 Å². The van der Waals surface area contributed by atoms with E-state index in [9.17, 15) is 18.0 Å². The van der Waals surface area contributed by atoms with Gasteiger partial charge >= 0.3 is 10.2 Å². The molecule has 0 radical (unpaired) electrons. The Balaban J connectivity index is 1.68. The van der Waals surface area contributed by atoms with Crippen LogP contribution in [0.2, 0.25) is 5.02 Å². The van der Waals surface area contributed by atoms with Crippen molar-refractivity contribution >= 4 is 50.6 Å². The molecule has 10 nitrogen and oxygen atoms in total. The lowest BCUT2D eigenvalue weighted by Crippen LogP contribution is -2.35. The number of ether oxygens (including phenoxy) is 2. The van der Waals surface area contributed by atoms with Gasteiger partial charge in [-0.2, -0.15) is 12.7 Å². The van der Waals surface area contributed by atoms with Crippen molar-refractivity contribution in [1.82, 2.24) is 18.9 Å². The Bertz CT molecular complexity index is 1760. The second-order valence-electron chi connectivity index (χ2n) is 9.37. The van der Waals surface area contributed by atoms with E-state index >= 15 is 0 Å². The minimum atomic E-state index is -3.87. The maximum atomic E-state index is 13.5. The molecule has 12 heteroatoms. The van der Waals surface area contributed by atoms with Crippen LogP contribution in [0.15, 0.2) is 78.6 Å². The summed E-state index contributed by atoms with van der Waals surface area (Å²) in [4.78, 5) is 26.6. The van der Waals surface area contributed by atoms with Crippen LogP contribution in [-0.4, -0.2) is 63.4 Å². The van der Waals surface area contributed by atoms with E-state index in [1.165, 1.54) is 26.4 Å². The fraction of sp³-hybridized carbons (Fsp3) is 0.200. The van der Waals surface area contributed by atoms with Crippen molar-refractivity contribution in [2.45, 2.75) is 6.42 Å². The van der Waals surface area contributed by atoms with Gasteiger partial charge in [-0.15, -0.1) is 0 Å². The second kappa shape index (κ2) is 13.1. The van der Waals surface area contributed by atoms with Gasteiger partial charge in [-0.25, -0.2) is 3.97 Å². The summed E-state index contributed by atoms with van der Waals surface area (Å²) in [5.41, 5.74) is 1.83. The Morgan fingerprint density at radius 3 is 2.36 bits per heavy atom. The molecular weight excluding hydrogens is 580 g/mol. The van der Waals surface area contributed by atoms with Gasteiger partial charge in [0.2, 0.25) is 0 Å². The molecule has 1 heterocycles. The quantitative estimate of drug-likeness (QED) is 0.247. The van der Waals surface area contributed by atoms with Crippen molar-refractivity contribution in [3.8, 4) is 11.5 Å². The van der Waals surface area contributed by atoms with Crippen molar-refractivity contribution in [2.75, 3.05) is 34.9 Å². The van der Waals surface area contributed by atoms with E-state index in [-0.39, 0.29) is 22.8 Å². The Morgan fingerprint density at radius 1 is 0.976 bits per heavy atom. The van der Waals surface area contributed by atoms with Crippen LogP contribution in [0.5, 0.6) is 11.5 Å². The predicted molar refractivity (Wildman–Crippen MR) is 163 cm³/mol. The third-order valence-corrected chi connectivity index (χ3v) is 8.53. The number of amides is 2. The molecule has 42 heavy (non-hydrogen) atoms. The molecule has 0 saturated carbocycles. The standard InChI is InChI=1S/C30H31ClN4O6S/c1-34(2)42(38,39)35-19-21(22-9-6-8-12-26(22)35)18-25(33-29(36)23-10-5-7-11-24(23)31)30(37)32-16-15-20-13-14-27(40-3)28(17-20)41-4/h5-14,17-19H,15-16H2,1-4H3,(H,32,37)(H,33,36). The molecule has 4 aromatic rings. The second-order valence-corrected chi connectivity index (χ2v) is 11.8. The van der Waals surface area contributed by atoms with Crippen LogP contribution in [0.3, 0.4) is 0 Å². The molecule has 0 atom stereocenters. The number of benzene rings is 3. The van der Waals surface area contributed by atoms with Crippen molar-refractivity contribution in [3.63, 3.8) is 0 Å². The van der Waals surface area contributed by atoms with Gasteiger partial charge in [0.1, 0.15) is 5.70 Å². The van der Waals surface area contributed by atoms with Crippen LogP contribution in [-0.2, 0) is 21.4 Å². The minimum absolute atomic E-state index is 0.0858. The third kappa shape index (κ3) is 6.59. The first kappa shape index (κ1) is 30.6. The van der Waals surface area contributed by atoms with Crippen LogP contribution in [0.1, 0.15) is 21.5 Å². The van der Waals surface area contributed by atoms with Gasteiger partial charge in [-0.05, 0) is 48.4 Å². The number of rotatable bonds is 11. The maximum Gasteiger partial charge on any atom is 0.307 e. The predicted octanol–water partition coefficient (Wildman–Crippen LogP) is 4.10. The number of carbonyl (C=O) groups is 2. The van der Waals surface area contributed by atoms with Crippen molar-refractivity contribution < 1.29 is 27.5 Å². The molecule has 0 unspecified atom stereocenters. The number of para-hydroxylation sites is 1.